The number of carbonyl (C=O) groups is 1. The Kier molecular flexibility index (Phi) is 3.91. The third-order valence-corrected chi connectivity index (χ3v) is 4.83. The van der Waals surface area contributed by atoms with Gasteiger partial charge in [0, 0.05) is 12.1 Å². The first-order chi connectivity index (χ1) is 10.9. The van der Waals surface area contributed by atoms with Crippen LogP contribution in [0.4, 0.5) is 10.1 Å². The van der Waals surface area contributed by atoms with Crippen molar-refractivity contribution in [2.45, 2.75) is 6.92 Å². The Morgan fingerprint density at radius 1 is 1.43 bits per heavy atom. The van der Waals surface area contributed by atoms with Gasteiger partial charge in [-0.25, -0.2) is 9.37 Å². The molecule has 0 saturated heterocycles. The summed E-state index contributed by atoms with van der Waals surface area (Å²) in [5.74, 6) is -1.09. The summed E-state index contributed by atoms with van der Waals surface area (Å²) >= 11 is 6.90. The van der Waals surface area contributed by atoms with Crippen LogP contribution in [0.1, 0.15) is 15.2 Å². The van der Waals surface area contributed by atoms with Crippen LogP contribution in [0.5, 0.6) is 0 Å². The molecule has 0 atom stereocenters. The third-order valence-electron chi connectivity index (χ3n) is 3.39. The minimum absolute atomic E-state index is 0.0137. The normalized spacial score (nSPS) is 11.0. The lowest BCUT2D eigenvalue weighted by atomic mass is 10.2. The molecule has 8 heteroatoms. The maximum atomic E-state index is 13.7. The molecule has 0 radical (unpaired) electrons. The zero-order valence-electron chi connectivity index (χ0n) is 12.2. The molecule has 0 bridgehead atoms. The lowest BCUT2D eigenvalue weighted by Gasteiger charge is -2.06. The van der Waals surface area contributed by atoms with Crippen LogP contribution in [0, 0.1) is 12.7 Å². The predicted molar refractivity (Wildman–Crippen MR) is 89.0 cm³/mol. The maximum Gasteiger partial charge on any atom is 0.266 e. The van der Waals surface area contributed by atoms with Crippen LogP contribution in [0.15, 0.2) is 29.3 Å². The van der Waals surface area contributed by atoms with Crippen LogP contribution >= 0.6 is 22.9 Å². The molecule has 2 heterocycles. The summed E-state index contributed by atoms with van der Waals surface area (Å²) in [5.41, 5.74) is 0.288. The summed E-state index contributed by atoms with van der Waals surface area (Å²) in [5, 5.41) is 3.19. The molecule has 1 N–H and O–H groups in total. The number of nitrogens with zero attached hydrogens (tertiary/aromatic N) is 2. The van der Waals surface area contributed by atoms with Gasteiger partial charge in [0.25, 0.3) is 11.5 Å². The molecule has 1 amide bonds. The van der Waals surface area contributed by atoms with E-state index in [1.165, 1.54) is 29.1 Å². The Labute approximate surface area is 139 Å². The molecule has 0 fully saturated rings. The fourth-order valence-corrected chi connectivity index (χ4v) is 3.40. The smallest absolute Gasteiger partial charge is 0.266 e. The van der Waals surface area contributed by atoms with Crippen molar-refractivity contribution < 1.29 is 9.18 Å². The fourth-order valence-electron chi connectivity index (χ4n) is 2.20. The summed E-state index contributed by atoms with van der Waals surface area (Å²) in [6, 6.07) is 3.90. The Morgan fingerprint density at radius 2 is 2.17 bits per heavy atom. The zero-order valence-corrected chi connectivity index (χ0v) is 13.8. The van der Waals surface area contributed by atoms with Gasteiger partial charge in [0.2, 0.25) is 0 Å². The Bertz CT molecular complexity index is 996. The van der Waals surface area contributed by atoms with E-state index in [-0.39, 0.29) is 11.2 Å². The van der Waals surface area contributed by atoms with E-state index in [2.05, 4.69) is 10.3 Å². The van der Waals surface area contributed by atoms with Gasteiger partial charge in [0.05, 0.1) is 22.3 Å². The lowest BCUT2D eigenvalue weighted by Crippen LogP contribution is -2.17. The number of halogens is 2. The van der Waals surface area contributed by atoms with Crippen LogP contribution in [-0.4, -0.2) is 15.5 Å². The highest BCUT2D eigenvalue weighted by Gasteiger charge is 2.20. The van der Waals surface area contributed by atoms with E-state index in [0.717, 1.165) is 11.3 Å². The van der Waals surface area contributed by atoms with Crippen LogP contribution in [0.25, 0.3) is 10.2 Å². The predicted octanol–water partition coefficient (Wildman–Crippen LogP) is 3.35. The molecule has 118 valence electrons. The summed E-state index contributed by atoms with van der Waals surface area (Å²) < 4.78 is 15.1. The van der Waals surface area contributed by atoms with Crippen molar-refractivity contribution >= 4 is 44.7 Å². The fraction of sp³-hybridized carbons (Fsp3) is 0.133. The summed E-state index contributed by atoms with van der Waals surface area (Å²) in [4.78, 5) is 29.5. The molecule has 5 nitrogen and oxygen atoms in total. The lowest BCUT2D eigenvalue weighted by molar-refractivity contribution is 0.102. The number of anilines is 1. The SMILES string of the molecule is Cc1c(C(=O)Nc2cc(Cl)ccc2F)sc2ncn(C)c(=O)c12. The van der Waals surface area contributed by atoms with Crippen LogP contribution in [0.3, 0.4) is 0 Å². The van der Waals surface area contributed by atoms with Gasteiger partial charge in [0.1, 0.15) is 10.6 Å². The number of nitrogens with one attached hydrogen (secondary N) is 1. The molecule has 1 aromatic carbocycles. The summed E-state index contributed by atoms with van der Waals surface area (Å²) in [6.07, 6.45) is 1.40. The molecule has 0 aliphatic heterocycles. The van der Waals surface area contributed by atoms with E-state index in [4.69, 9.17) is 11.6 Å². The third kappa shape index (κ3) is 2.73. The number of benzene rings is 1. The zero-order chi connectivity index (χ0) is 16.7. The molecule has 23 heavy (non-hydrogen) atoms. The van der Waals surface area contributed by atoms with Crippen molar-refractivity contribution in [2.24, 2.45) is 7.05 Å². The molecule has 2 aromatic heterocycles. The van der Waals surface area contributed by atoms with E-state index in [1.54, 1.807) is 14.0 Å². The second-order valence-corrected chi connectivity index (χ2v) is 6.41. The highest BCUT2D eigenvalue weighted by atomic mass is 35.5. The summed E-state index contributed by atoms with van der Waals surface area (Å²) in [6.45, 7) is 1.67. The van der Waals surface area contributed by atoms with Crippen LogP contribution in [-0.2, 0) is 7.05 Å². The summed E-state index contributed by atoms with van der Waals surface area (Å²) in [7, 11) is 1.59. The van der Waals surface area contributed by atoms with Gasteiger partial charge in [-0.2, -0.15) is 0 Å². The van der Waals surface area contributed by atoms with Crippen molar-refractivity contribution in [3.8, 4) is 0 Å². The van der Waals surface area contributed by atoms with Gasteiger partial charge in [0.15, 0.2) is 0 Å². The minimum Gasteiger partial charge on any atom is -0.319 e. The standard InChI is InChI=1S/C15H11ClFN3O2S/c1-7-11-14(18-6-20(2)15(11)22)23-12(7)13(21)19-10-5-8(16)3-4-9(10)17/h3-6H,1-2H3,(H,19,21). The van der Waals surface area contributed by atoms with Crippen LogP contribution in [0.2, 0.25) is 5.02 Å². The van der Waals surface area contributed by atoms with E-state index >= 15 is 0 Å². The van der Waals surface area contributed by atoms with E-state index in [9.17, 15) is 14.0 Å². The van der Waals surface area contributed by atoms with Crippen LogP contribution < -0.4 is 10.9 Å². The largest absolute Gasteiger partial charge is 0.319 e. The quantitative estimate of drug-likeness (QED) is 0.770. The highest BCUT2D eigenvalue weighted by molar-refractivity contribution is 7.20. The van der Waals surface area contributed by atoms with Gasteiger partial charge < -0.3 is 9.88 Å². The maximum absolute atomic E-state index is 13.7. The number of rotatable bonds is 2. The average Bonchev–Trinajstić information content (AvgIpc) is 2.84. The van der Waals surface area contributed by atoms with E-state index in [0.29, 0.717) is 25.7 Å². The van der Waals surface area contributed by atoms with Crippen molar-refractivity contribution in [1.29, 1.82) is 0 Å². The molecule has 3 aromatic rings. The monoisotopic (exact) mass is 351 g/mol. The first-order valence-corrected chi connectivity index (χ1v) is 7.79. The Morgan fingerprint density at radius 3 is 2.91 bits per heavy atom. The van der Waals surface area contributed by atoms with Crippen molar-refractivity contribution in [2.75, 3.05) is 5.32 Å². The molecular weight excluding hydrogens is 341 g/mol. The molecule has 3 rings (SSSR count). The second kappa shape index (κ2) is 5.75. The molecule has 0 aliphatic rings. The second-order valence-electron chi connectivity index (χ2n) is 4.98. The first kappa shape index (κ1) is 15.6. The topological polar surface area (TPSA) is 64.0 Å². The Hall–Kier alpha value is -2.25. The van der Waals surface area contributed by atoms with Crippen molar-refractivity contribution in [3.63, 3.8) is 0 Å². The molecular formula is C15H11ClFN3O2S. The number of hydrogen-bond donors (Lipinski definition) is 1. The number of fused-ring (bicyclic) bond motifs is 1. The highest BCUT2D eigenvalue weighted by Crippen LogP contribution is 2.28. The number of thiophene rings is 1. The molecule has 0 spiro atoms. The van der Waals surface area contributed by atoms with Crippen molar-refractivity contribution in [1.82, 2.24) is 9.55 Å². The van der Waals surface area contributed by atoms with Gasteiger partial charge in [-0.3, -0.25) is 9.59 Å². The van der Waals surface area contributed by atoms with E-state index < -0.39 is 11.7 Å². The molecule has 0 aliphatic carbocycles. The van der Waals surface area contributed by atoms with E-state index in [1.807, 2.05) is 0 Å². The Balaban J connectivity index is 2.05. The number of aromatic nitrogens is 2. The van der Waals surface area contributed by atoms with Gasteiger partial charge in [-0.05, 0) is 30.7 Å². The number of hydrogen-bond acceptors (Lipinski definition) is 4. The van der Waals surface area contributed by atoms with Gasteiger partial charge >= 0.3 is 0 Å². The van der Waals surface area contributed by atoms with Crippen molar-refractivity contribution in [3.05, 3.63) is 56.2 Å². The number of amides is 1. The van der Waals surface area contributed by atoms with Gasteiger partial charge in [-0.1, -0.05) is 11.6 Å². The minimum atomic E-state index is -0.587. The molecule has 0 unspecified atom stereocenters. The number of aryl methyl sites for hydroxylation is 2. The first-order valence-electron chi connectivity index (χ1n) is 6.59. The average molecular weight is 352 g/mol. The number of carbonyl (C=O) groups excluding carboxylic acids is 1. The molecule has 0 saturated carbocycles. The van der Waals surface area contributed by atoms with Gasteiger partial charge in [-0.15, -0.1) is 11.3 Å².